The standard InChI is InChI=1S/C14H11IN4OS/c1-6-9-10(16)11(12(17)20)21-14(9)19-13(18-6)7-2-4-8(15)5-3-7/h2-5H,16H2,1H3,(H2,17,20). The number of nitrogens with zero attached hydrogens (tertiary/aromatic N) is 2. The Bertz CT molecular complexity index is 858. The third kappa shape index (κ3) is 2.46. The number of rotatable bonds is 2. The Kier molecular flexibility index (Phi) is 3.54. The van der Waals surface area contributed by atoms with Gasteiger partial charge in [-0.25, -0.2) is 9.97 Å². The van der Waals surface area contributed by atoms with E-state index in [0.717, 1.165) is 14.8 Å². The van der Waals surface area contributed by atoms with E-state index in [1.54, 1.807) is 0 Å². The number of hydrogen-bond acceptors (Lipinski definition) is 5. The van der Waals surface area contributed by atoms with Gasteiger partial charge in [-0.15, -0.1) is 11.3 Å². The van der Waals surface area contributed by atoms with Crippen molar-refractivity contribution in [3.8, 4) is 11.4 Å². The lowest BCUT2D eigenvalue weighted by atomic mass is 10.2. The normalized spacial score (nSPS) is 11.0. The highest BCUT2D eigenvalue weighted by Gasteiger charge is 2.18. The zero-order chi connectivity index (χ0) is 15.1. The van der Waals surface area contributed by atoms with E-state index in [1.165, 1.54) is 11.3 Å². The van der Waals surface area contributed by atoms with Crippen LogP contribution in [0.4, 0.5) is 5.69 Å². The molecule has 3 rings (SSSR count). The van der Waals surface area contributed by atoms with Crippen LogP contribution in [0.25, 0.3) is 21.6 Å². The summed E-state index contributed by atoms with van der Waals surface area (Å²) in [5.41, 5.74) is 13.4. The zero-order valence-corrected chi connectivity index (χ0v) is 14.0. The number of carbonyl (C=O) groups is 1. The summed E-state index contributed by atoms with van der Waals surface area (Å²) in [6, 6.07) is 7.93. The van der Waals surface area contributed by atoms with E-state index in [-0.39, 0.29) is 0 Å². The topological polar surface area (TPSA) is 94.9 Å². The number of aryl methyl sites for hydroxylation is 1. The highest BCUT2D eigenvalue weighted by Crippen LogP contribution is 2.35. The monoisotopic (exact) mass is 410 g/mol. The lowest BCUT2D eigenvalue weighted by molar-refractivity contribution is 0.100. The van der Waals surface area contributed by atoms with Crippen molar-refractivity contribution < 1.29 is 4.79 Å². The summed E-state index contributed by atoms with van der Waals surface area (Å²) < 4.78 is 1.14. The second-order valence-electron chi connectivity index (χ2n) is 4.53. The van der Waals surface area contributed by atoms with E-state index in [0.29, 0.717) is 26.6 Å². The van der Waals surface area contributed by atoms with Gasteiger partial charge in [-0.1, -0.05) is 12.1 Å². The average molecular weight is 410 g/mol. The molecule has 0 unspecified atom stereocenters. The third-order valence-electron chi connectivity index (χ3n) is 3.10. The lowest BCUT2D eigenvalue weighted by Crippen LogP contribution is -2.10. The summed E-state index contributed by atoms with van der Waals surface area (Å²) in [5, 5.41) is 0.711. The van der Waals surface area contributed by atoms with Gasteiger partial charge in [0.1, 0.15) is 9.71 Å². The van der Waals surface area contributed by atoms with Crippen LogP contribution in [0.1, 0.15) is 15.4 Å². The van der Waals surface area contributed by atoms with E-state index in [4.69, 9.17) is 11.5 Å². The van der Waals surface area contributed by atoms with Gasteiger partial charge in [0.15, 0.2) is 5.82 Å². The number of amides is 1. The van der Waals surface area contributed by atoms with Crippen LogP contribution in [0.5, 0.6) is 0 Å². The van der Waals surface area contributed by atoms with Gasteiger partial charge >= 0.3 is 0 Å². The summed E-state index contributed by atoms with van der Waals surface area (Å²) in [4.78, 5) is 21.4. The number of nitrogens with two attached hydrogens (primary N) is 2. The number of fused-ring (bicyclic) bond motifs is 1. The van der Waals surface area contributed by atoms with Crippen molar-refractivity contribution in [1.29, 1.82) is 0 Å². The number of primary amides is 1. The van der Waals surface area contributed by atoms with Crippen LogP contribution in [0.2, 0.25) is 0 Å². The molecule has 2 heterocycles. The van der Waals surface area contributed by atoms with Crippen molar-refractivity contribution in [1.82, 2.24) is 9.97 Å². The fourth-order valence-corrected chi connectivity index (χ4v) is 3.46. The van der Waals surface area contributed by atoms with Crippen molar-refractivity contribution in [2.75, 3.05) is 5.73 Å². The molecule has 0 aliphatic carbocycles. The van der Waals surface area contributed by atoms with E-state index in [2.05, 4.69) is 32.6 Å². The smallest absolute Gasteiger partial charge is 0.260 e. The first-order chi connectivity index (χ1) is 9.97. The zero-order valence-electron chi connectivity index (χ0n) is 11.1. The Labute approximate surface area is 138 Å². The Morgan fingerprint density at radius 1 is 1.24 bits per heavy atom. The fraction of sp³-hybridized carbons (Fsp3) is 0.0714. The summed E-state index contributed by atoms with van der Waals surface area (Å²) in [6.45, 7) is 1.86. The highest BCUT2D eigenvalue weighted by molar-refractivity contribution is 14.1. The van der Waals surface area contributed by atoms with Crippen molar-refractivity contribution in [2.24, 2.45) is 5.73 Å². The largest absolute Gasteiger partial charge is 0.397 e. The third-order valence-corrected chi connectivity index (χ3v) is 4.93. The first-order valence-electron chi connectivity index (χ1n) is 6.09. The van der Waals surface area contributed by atoms with E-state index in [1.807, 2.05) is 31.2 Å². The summed E-state index contributed by atoms with van der Waals surface area (Å²) in [5.74, 6) is 0.0828. The number of carbonyl (C=O) groups excluding carboxylic acids is 1. The van der Waals surface area contributed by atoms with Gasteiger partial charge < -0.3 is 11.5 Å². The Morgan fingerprint density at radius 3 is 2.52 bits per heavy atom. The number of halogens is 1. The minimum atomic E-state index is -0.536. The Hall–Kier alpha value is -1.74. The Morgan fingerprint density at radius 2 is 1.90 bits per heavy atom. The average Bonchev–Trinajstić information content (AvgIpc) is 2.77. The van der Waals surface area contributed by atoms with Crippen LogP contribution in [0.3, 0.4) is 0 Å². The number of aromatic nitrogens is 2. The molecule has 0 aliphatic heterocycles. The van der Waals surface area contributed by atoms with Crippen LogP contribution < -0.4 is 11.5 Å². The SMILES string of the molecule is Cc1nc(-c2ccc(I)cc2)nc2sc(C(N)=O)c(N)c12. The molecule has 3 aromatic rings. The minimum Gasteiger partial charge on any atom is -0.397 e. The fourth-order valence-electron chi connectivity index (χ4n) is 2.11. The van der Waals surface area contributed by atoms with Crippen LogP contribution in [-0.2, 0) is 0 Å². The molecule has 7 heteroatoms. The second kappa shape index (κ2) is 5.23. The molecule has 21 heavy (non-hydrogen) atoms. The molecule has 2 aromatic heterocycles. The molecule has 0 bridgehead atoms. The predicted octanol–water partition coefficient (Wildman–Crippen LogP) is 2.95. The molecule has 0 saturated heterocycles. The van der Waals surface area contributed by atoms with Crippen LogP contribution in [0, 0.1) is 10.5 Å². The Balaban J connectivity index is 2.23. The first-order valence-corrected chi connectivity index (χ1v) is 7.99. The van der Waals surface area contributed by atoms with Gasteiger partial charge in [0.25, 0.3) is 5.91 Å². The van der Waals surface area contributed by atoms with Gasteiger partial charge in [0.2, 0.25) is 0 Å². The molecule has 4 N–H and O–H groups in total. The molecule has 0 spiro atoms. The maximum absolute atomic E-state index is 11.4. The maximum atomic E-state index is 11.4. The van der Waals surface area contributed by atoms with Gasteiger partial charge in [0.05, 0.1) is 16.8 Å². The summed E-state index contributed by atoms with van der Waals surface area (Å²) in [6.07, 6.45) is 0. The number of hydrogen-bond donors (Lipinski definition) is 2. The van der Waals surface area contributed by atoms with Crippen molar-refractivity contribution in [2.45, 2.75) is 6.92 Å². The molecular weight excluding hydrogens is 399 g/mol. The number of nitrogen functional groups attached to an aromatic ring is 1. The molecule has 0 atom stereocenters. The molecule has 0 radical (unpaired) electrons. The van der Waals surface area contributed by atoms with Crippen molar-refractivity contribution in [3.63, 3.8) is 0 Å². The van der Waals surface area contributed by atoms with Crippen LogP contribution in [0.15, 0.2) is 24.3 Å². The lowest BCUT2D eigenvalue weighted by Gasteiger charge is -2.03. The van der Waals surface area contributed by atoms with Gasteiger partial charge in [-0.2, -0.15) is 0 Å². The molecule has 0 aliphatic rings. The maximum Gasteiger partial charge on any atom is 0.260 e. The highest BCUT2D eigenvalue weighted by atomic mass is 127. The van der Waals surface area contributed by atoms with Gasteiger partial charge in [0, 0.05) is 9.13 Å². The minimum absolute atomic E-state index is 0.335. The number of anilines is 1. The molecular formula is C14H11IN4OS. The van der Waals surface area contributed by atoms with Crippen LogP contribution in [-0.4, -0.2) is 15.9 Å². The van der Waals surface area contributed by atoms with Gasteiger partial charge in [-0.3, -0.25) is 4.79 Å². The number of thiophene rings is 1. The van der Waals surface area contributed by atoms with Crippen LogP contribution >= 0.6 is 33.9 Å². The number of benzene rings is 1. The molecule has 0 saturated carbocycles. The van der Waals surface area contributed by atoms with E-state index < -0.39 is 5.91 Å². The summed E-state index contributed by atoms with van der Waals surface area (Å²) >= 11 is 3.45. The molecule has 1 aromatic carbocycles. The first kappa shape index (κ1) is 14.2. The van der Waals surface area contributed by atoms with E-state index in [9.17, 15) is 4.79 Å². The van der Waals surface area contributed by atoms with E-state index >= 15 is 0 Å². The quantitative estimate of drug-likeness (QED) is 0.636. The molecule has 5 nitrogen and oxygen atoms in total. The predicted molar refractivity (Wildman–Crippen MR) is 93.2 cm³/mol. The molecule has 106 valence electrons. The summed E-state index contributed by atoms with van der Waals surface area (Å²) in [7, 11) is 0. The molecule has 1 amide bonds. The van der Waals surface area contributed by atoms with Crippen molar-refractivity contribution >= 4 is 55.7 Å². The van der Waals surface area contributed by atoms with Gasteiger partial charge in [-0.05, 0) is 41.6 Å². The second-order valence-corrected chi connectivity index (χ2v) is 6.77. The van der Waals surface area contributed by atoms with Crippen molar-refractivity contribution in [3.05, 3.63) is 38.4 Å². The molecule has 0 fully saturated rings.